The topological polar surface area (TPSA) is 33.1 Å². The molecule has 1 aromatic heterocycles. The van der Waals surface area contributed by atoms with E-state index in [2.05, 4.69) is 31.0 Å². The molecule has 1 saturated heterocycles. The fourth-order valence-electron chi connectivity index (χ4n) is 2.93. The summed E-state index contributed by atoms with van der Waals surface area (Å²) in [6.07, 6.45) is 2.61. The van der Waals surface area contributed by atoms with Crippen LogP contribution in [0.3, 0.4) is 0 Å². The highest BCUT2D eigenvalue weighted by Gasteiger charge is 2.40. The van der Waals surface area contributed by atoms with Crippen LogP contribution in [0.4, 0.5) is 0 Å². The van der Waals surface area contributed by atoms with Crippen LogP contribution in [0.2, 0.25) is 0 Å². The number of nitrogens with zero attached hydrogens (tertiary/aromatic N) is 1. The van der Waals surface area contributed by atoms with Crippen molar-refractivity contribution in [1.29, 1.82) is 0 Å². The number of fused-ring (bicyclic) bond motifs is 1. The van der Waals surface area contributed by atoms with Gasteiger partial charge in [0.1, 0.15) is 0 Å². The predicted octanol–water partition coefficient (Wildman–Crippen LogP) is 3.59. The molecule has 100 valence electrons. The molecule has 1 N–H and O–H groups in total. The van der Waals surface area contributed by atoms with Crippen LogP contribution >= 0.6 is 11.8 Å². The minimum atomic E-state index is -0.724. The summed E-state index contributed by atoms with van der Waals surface area (Å²) in [6.45, 7) is 4.45. The number of hydrogen-bond donors (Lipinski definition) is 1. The molecule has 1 aliphatic rings. The van der Waals surface area contributed by atoms with Crippen molar-refractivity contribution < 1.29 is 5.11 Å². The summed E-state index contributed by atoms with van der Waals surface area (Å²) in [5.74, 6) is 1.88. The van der Waals surface area contributed by atoms with E-state index in [1.54, 1.807) is 6.20 Å². The zero-order valence-corrected chi connectivity index (χ0v) is 12.2. The SMILES string of the molecule is CC1(C)CSCC(O)(c2ccc3cccnc3c2)C1. The first-order valence-electron chi connectivity index (χ1n) is 6.64. The predicted molar refractivity (Wildman–Crippen MR) is 81.4 cm³/mol. The Kier molecular flexibility index (Phi) is 3.06. The summed E-state index contributed by atoms with van der Waals surface area (Å²) in [6, 6.07) is 10.1. The van der Waals surface area contributed by atoms with Gasteiger partial charge in [-0.15, -0.1) is 0 Å². The van der Waals surface area contributed by atoms with Crippen LogP contribution in [0.1, 0.15) is 25.8 Å². The maximum absolute atomic E-state index is 11.0. The lowest BCUT2D eigenvalue weighted by atomic mass is 9.78. The molecule has 0 radical (unpaired) electrons. The molecule has 0 saturated carbocycles. The second-order valence-electron chi connectivity index (χ2n) is 6.28. The van der Waals surface area contributed by atoms with Crippen LogP contribution in [0.5, 0.6) is 0 Å². The second kappa shape index (κ2) is 4.50. The third-order valence-corrected chi connectivity index (χ3v) is 5.42. The average molecular weight is 273 g/mol. The van der Waals surface area contributed by atoms with Gasteiger partial charge in [0.2, 0.25) is 0 Å². The monoisotopic (exact) mass is 273 g/mol. The van der Waals surface area contributed by atoms with E-state index in [9.17, 15) is 5.11 Å². The van der Waals surface area contributed by atoms with Crippen molar-refractivity contribution in [3.8, 4) is 0 Å². The van der Waals surface area contributed by atoms with E-state index in [-0.39, 0.29) is 5.41 Å². The van der Waals surface area contributed by atoms with Crippen molar-refractivity contribution in [2.75, 3.05) is 11.5 Å². The zero-order valence-electron chi connectivity index (χ0n) is 11.4. The highest BCUT2D eigenvalue weighted by Crippen LogP contribution is 2.44. The quantitative estimate of drug-likeness (QED) is 0.862. The van der Waals surface area contributed by atoms with E-state index in [1.165, 1.54) is 0 Å². The standard InChI is InChI=1S/C16H19NOS/c1-15(2)9-16(18,11-19-10-15)13-6-5-12-4-3-7-17-14(12)8-13/h3-8,18H,9-11H2,1-2H3. The van der Waals surface area contributed by atoms with Crippen molar-refractivity contribution >= 4 is 22.7 Å². The number of aliphatic hydroxyl groups is 1. The summed E-state index contributed by atoms with van der Waals surface area (Å²) in [5.41, 5.74) is 1.41. The van der Waals surface area contributed by atoms with Gasteiger partial charge in [-0.25, -0.2) is 0 Å². The molecule has 0 amide bonds. The molecule has 2 heterocycles. The summed E-state index contributed by atoms with van der Waals surface area (Å²) in [7, 11) is 0. The van der Waals surface area contributed by atoms with Gasteiger partial charge < -0.3 is 5.11 Å². The Bertz CT molecular complexity index is 610. The second-order valence-corrected chi connectivity index (χ2v) is 7.26. The van der Waals surface area contributed by atoms with Crippen LogP contribution < -0.4 is 0 Å². The van der Waals surface area contributed by atoms with Gasteiger partial charge in [0.15, 0.2) is 0 Å². The molecule has 1 atom stereocenters. The van der Waals surface area contributed by atoms with Gasteiger partial charge in [-0.1, -0.05) is 32.0 Å². The van der Waals surface area contributed by atoms with Crippen LogP contribution in [-0.2, 0) is 5.60 Å². The third-order valence-electron chi connectivity index (χ3n) is 3.75. The molecule has 1 fully saturated rings. The Hall–Kier alpha value is -1.06. The molecule has 3 heteroatoms. The Morgan fingerprint density at radius 3 is 2.84 bits per heavy atom. The van der Waals surface area contributed by atoms with Gasteiger partial charge in [0.25, 0.3) is 0 Å². The first kappa shape index (κ1) is 12.9. The van der Waals surface area contributed by atoms with Crippen LogP contribution in [-0.4, -0.2) is 21.6 Å². The molecule has 1 unspecified atom stereocenters. The highest BCUT2D eigenvalue weighted by atomic mass is 32.2. The van der Waals surface area contributed by atoms with Gasteiger partial charge in [0.05, 0.1) is 11.1 Å². The molecule has 2 nitrogen and oxygen atoms in total. The molecule has 2 aromatic rings. The molecular weight excluding hydrogens is 254 g/mol. The summed E-state index contributed by atoms with van der Waals surface area (Å²) >= 11 is 1.84. The molecule has 1 aliphatic heterocycles. The molecule has 0 bridgehead atoms. The Morgan fingerprint density at radius 2 is 2.05 bits per heavy atom. The van der Waals surface area contributed by atoms with Crippen molar-refractivity contribution in [2.24, 2.45) is 5.41 Å². The van der Waals surface area contributed by atoms with Gasteiger partial charge in [-0.05, 0) is 35.3 Å². The largest absolute Gasteiger partial charge is 0.384 e. The third kappa shape index (κ3) is 2.49. The summed E-state index contributed by atoms with van der Waals surface area (Å²) in [5, 5.41) is 12.1. The lowest BCUT2D eigenvalue weighted by Crippen LogP contribution is -2.40. The van der Waals surface area contributed by atoms with E-state index >= 15 is 0 Å². The summed E-state index contributed by atoms with van der Waals surface area (Å²) < 4.78 is 0. The van der Waals surface area contributed by atoms with Crippen LogP contribution in [0.25, 0.3) is 10.9 Å². The average Bonchev–Trinajstić information content (AvgIpc) is 2.36. The van der Waals surface area contributed by atoms with E-state index in [0.717, 1.165) is 34.4 Å². The van der Waals surface area contributed by atoms with Gasteiger partial charge in [-0.2, -0.15) is 11.8 Å². The van der Waals surface area contributed by atoms with Gasteiger partial charge >= 0.3 is 0 Å². The van der Waals surface area contributed by atoms with Crippen molar-refractivity contribution in [3.05, 3.63) is 42.1 Å². The normalized spacial score (nSPS) is 26.5. The number of benzene rings is 1. The van der Waals surface area contributed by atoms with Crippen LogP contribution in [0, 0.1) is 5.41 Å². The first-order valence-corrected chi connectivity index (χ1v) is 7.80. The van der Waals surface area contributed by atoms with Crippen molar-refractivity contribution in [1.82, 2.24) is 4.98 Å². The Balaban J connectivity index is 2.03. The van der Waals surface area contributed by atoms with Gasteiger partial charge in [-0.3, -0.25) is 4.98 Å². The Morgan fingerprint density at radius 1 is 1.21 bits per heavy atom. The first-order chi connectivity index (χ1) is 8.99. The number of pyridine rings is 1. The number of aromatic nitrogens is 1. The number of thioether (sulfide) groups is 1. The molecule has 0 spiro atoms. The fourth-order valence-corrected chi connectivity index (χ4v) is 4.29. The van der Waals surface area contributed by atoms with E-state index < -0.39 is 5.60 Å². The molecule has 19 heavy (non-hydrogen) atoms. The van der Waals surface area contributed by atoms with Gasteiger partial charge in [0, 0.05) is 17.3 Å². The fraction of sp³-hybridized carbons (Fsp3) is 0.438. The van der Waals surface area contributed by atoms with Crippen molar-refractivity contribution in [2.45, 2.75) is 25.9 Å². The maximum atomic E-state index is 11.0. The lowest BCUT2D eigenvalue weighted by Gasteiger charge is -2.41. The smallest absolute Gasteiger partial charge is 0.0992 e. The minimum Gasteiger partial charge on any atom is -0.384 e. The zero-order chi connectivity index (χ0) is 13.5. The molecule has 3 rings (SSSR count). The van der Waals surface area contributed by atoms with Crippen LogP contribution in [0.15, 0.2) is 36.5 Å². The number of rotatable bonds is 1. The molecular formula is C16H19NOS. The lowest BCUT2D eigenvalue weighted by molar-refractivity contribution is 0.0157. The van der Waals surface area contributed by atoms with E-state index in [4.69, 9.17) is 0 Å². The van der Waals surface area contributed by atoms with Crippen molar-refractivity contribution in [3.63, 3.8) is 0 Å². The maximum Gasteiger partial charge on any atom is 0.0992 e. The van der Waals surface area contributed by atoms with E-state index in [0.29, 0.717) is 0 Å². The highest BCUT2D eigenvalue weighted by molar-refractivity contribution is 7.99. The summed E-state index contributed by atoms with van der Waals surface area (Å²) in [4.78, 5) is 4.39. The Labute approximate surface area is 118 Å². The molecule has 1 aromatic carbocycles. The molecule has 0 aliphatic carbocycles. The minimum absolute atomic E-state index is 0.177. The number of hydrogen-bond acceptors (Lipinski definition) is 3. The van der Waals surface area contributed by atoms with E-state index in [1.807, 2.05) is 30.0 Å².